The number of carbonyl (C=O) groups excluding carboxylic acids is 1. The highest BCUT2D eigenvalue weighted by molar-refractivity contribution is 5.96. The van der Waals surface area contributed by atoms with Crippen molar-refractivity contribution >= 4 is 5.91 Å². The monoisotopic (exact) mass is 366 g/mol. The number of methoxy groups -OCH3 is 2. The van der Waals surface area contributed by atoms with E-state index in [9.17, 15) is 4.79 Å². The van der Waals surface area contributed by atoms with E-state index in [1.165, 1.54) is 14.2 Å². The van der Waals surface area contributed by atoms with Crippen LogP contribution in [0.1, 0.15) is 16.1 Å². The first-order valence-electron chi connectivity index (χ1n) is 8.58. The number of pyridine rings is 1. The fraction of sp³-hybridized carbons (Fsp3) is 0.250. The summed E-state index contributed by atoms with van der Waals surface area (Å²) in [6.07, 6.45) is 1.83. The Morgan fingerprint density at radius 3 is 2.59 bits per heavy atom. The Morgan fingerprint density at radius 2 is 1.89 bits per heavy atom. The molecule has 1 aromatic carbocycles. The molecule has 3 aromatic rings. The Balaban J connectivity index is 1.69. The number of hydrogen-bond donors (Lipinski definition) is 1. The summed E-state index contributed by atoms with van der Waals surface area (Å²) < 4.78 is 12.3. The quantitative estimate of drug-likeness (QED) is 0.696. The third-order valence-electron chi connectivity index (χ3n) is 4.19. The summed E-state index contributed by atoms with van der Waals surface area (Å²) in [5.74, 6) is 1.26. The topological polar surface area (TPSA) is 78.3 Å². The van der Waals surface area contributed by atoms with Crippen LogP contribution in [0.15, 0.2) is 48.7 Å². The van der Waals surface area contributed by atoms with E-state index in [0.29, 0.717) is 24.5 Å². The molecule has 0 radical (unpaired) electrons. The number of ether oxygens (including phenoxy) is 2. The fourth-order valence-corrected chi connectivity index (χ4v) is 2.80. The predicted molar refractivity (Wildman–Crippen MR) is 102 cm³/mol. The molecule has 0 bridgehead atoms. The molecule has 0 atom stereocenters. The molecule has 0 unspecified atom stereocenters. The molecule has 0 aliphatic carbocycles. The molecule has 0 saturated carbocycles. The lowest BCUT2D eigenvalue weighted by Crippen LogP contribution is -2.28. The molecule has 1 N–H and O–H groups in total. The lowest BCUT2D eigenvalue weighted by atomic mass is 10.2. The minimum Gasteiger partial charge on any atom is -0.481 e. The predicted octanol–water partition coefficient (Wildman–Crippen LogP) is 2.70. The molecule has 7 nitrogen and oxygen atoms in total. The van der Waals surface area contributed by atoms with E-state index in [0.717, 1.165) is 17.1 Å². The number of aryl methyl sites for hydroxylation is 1. The standard InChI is InChI=1S/C20H22N4O3/c1-14-13-22-18(15-7-5-4-6-8-15)24(14)12-11-21-19(25)16-9-10-17(26-2)23-20(16)27-3/h4-10,13H,11-12H2,1-3H3,(H,21,25). The van der Waals surface area contributed by atoms with Crippen LogP contribution in [0.3, 0.4) is 0 Å². The summed E-state index contributed by atoms with van der Waals surface area (Å²) >= 11 is 0. The molecule has 0 aliphatic heterocycles. The van der Waals surface area contributed by atoms with E-state index in [1.807, 2.05) is 43.5 Å². The maximum Gasteiger partial charge on any atom is 0.256 e. The second-order valence-electron chi connectivity index (χ2n) is 5.91. The summed E-state index contributed by atoms with van der Waals surface area (Å²) in [6, 6.07) is 13.2. The van der Waals surface area contributed by atoms with E-state index >= 15 is 0 Å². The highest BCUT2D eigenvalue weighted by Crippen LogP contribution is 2.20. The zero-order chi connectivity index (χ0) is 19.2. The van der Waals surface area contributed by atoms with Gasteiger partial charge in [-0.05, 0) is 13.0 Å². The highest BCUT2D eigenvalue weighted by atomic mass is 16.5. The van der Waals surface area contributed by atoms with Crippen LogP contribution in [-0.2, 0) is 6.54 Å². The fourth-order valence-electron chi connectivity index (χ4n) is 2.80. The molecule has 27 heavy (non-hydrogen) atoms. The Kier molecular flexibility index (Phi) is 5.71. The number of benzene rings is 1. The number of imidazole rings is 1. The smallest absolute Gasteiger partial charge is 0.256 e. The Bertz CT molecular complexity index is 922. The van der Waals surface area contributed by atoms with Crippen LogP contribution in [0.25, 0.3) is 11.4 Å². The zero-order valence-corrected chi connectivity index (χ0v) is 15.6. The third-order valence-corrected chi connectivity index (χ3v) is 4.19. The molecular formula is C20H22N4O3. The third kappa shape index (κ3) is 4.08. The second-order valence-corrected chi connectivity index (χ2v) is 5.91. The van der Waals surface area contributed by atoms with Gasteiger partial charge in [0.05, 0.1) is 14.2 Å². The van der Waals surface area contributed by atoms with E-state index in [-0.39, 0.29) is 11.8 Å². The Hall–Kier alpha value is -3.35. The normalized spacial score (nSPS) is 10.5. The maximum absolute atomic E-state index is 12.5. The lowest BCUT2D eigenvalue weighted by molar-refractivity contribution is 0.0948. The van der Waals surface area contributed by atoms with Gasteiger partial charge in [-0.15, -0.1) is 0 Å². The molecule has 2 heterocycles. The van der Waals surface area contributed by atoms with Crippen LogP contribution in [-0.4, -0.2) is 41.2 Å². The van der Waals surface area contributed by atoms with Crippen molar-refractivity contribution in [1.82, 2.24) is 19.9 Å². The van der Waals surface area contributed by atoms with Crippen LogP contribution in [0.5, 0.6) is 11.8 Å². The van der Waals surface area contributed by atoms with Crippen molar-refractivity contribution in [1.29, 1.82) is 0 Å². The first-order chi connectivity index (χ1) is 13.1. The van der Waals surface area contributed by atoms with Crippen molar-refractivity contribution in [2.75, 3.05) is 20.8 Å². The summed E-state index contributed by atoms with van der Waals surface area (Å²) in [7, 11) is 2.98. The van der Waals surface area contributed by atoms with Gasteiger partial charge in [0.15, 0.2) is 0 Å². The lowest BCUT2D eigenvalue weighted by Gasteiger charge is -2.12. The van der Waals surface area contributed by atoms with Crippen molar-refractivity contribution in [2.45, 2.75) is 13.5 Å². The van der Waals surface area contributed by atoms with E-state index in [1.54, 1.807) is 12.1 Å². The average molecular weight is 366 g/mol. The Morgan fingerprint density at radius 1 is 1.11 bits per heavy atom. The molecule has 3 rings (SSSR count). The minimum atomic E-state index is -0.249. The number of nitrogens with zero attached hydrogens (tertiary/aromatic N) is 3. The molecule has 7 heteroatoms. The summed E-state index contributed by atoms with van der Waals surface area (Å²) in [5, 5.41) is 2.91. The number of amides is 1. The average Bonchev–Trinajstić information content (AvgIpc) is 3.08. The first-order valence-corrected chi connectivity index (χ1v) is 8.58. The number of carbonyl (C=O) groups is 1. The molecule has 140 valence electrons. The van der Waals surface area contributed by atoms with Crippen LogP contribution in [0.2, 0.25) is 0 Å². The van der Waals surface area contributed by atoms with Gasteiger partial charge in [0.2, 0.25) is 11.8 Å². The molecule has 0 fully saturated rings. The van der Waals surface area contributed by atoms with Crippen LogP contribution >= 0.6 is 0 Å². The highest BCUT2D eigenvalue weighted by Gasteiger charge is 2.15. The van der Waals surface area contributed by atoms with Crippen molar-refractivity contribution in [3.8, 4) is 23.1 Å². The van der Waals surface area contributed by atoms with Gasteiger partial charge in [-0.25, -0.2) is 4.98 Å². The van der Waals surface area contributed by atoms with Crippen molar-refractivity contribution in [3.63, 3.8) is 0 Å². The van der Waals surface area contributed by atoms with Gasteiger partial charge in [-0.2, -0.15) is 4.98 Å². The van der Waals surface area contributed by atoms with Gasteiger partial charge in [0.1, 0.15) is 11.4 Å². The largest absolute Gasteiger partial charge is 0.481 e. The van der Waals surface area contributed by atoms with Crippen LogP contribution in [0, 0.1) is 6.92 Å². The number of aromatic nitrogens is 3. The zero-order valence-electron chi connectivity index (χ0n) is 15.6. The van der Waals surface area contributed by atoms with E-state index < -0.39 is 0 Å². The molecule has 0 aliphatic rings. The minimum absolute atomic E-state index is 0.232. The number of rotatable bonds is 7. The second kappa shape index (κ2) is 8.35. The summed E-state index contributed by atoms with van der Waals surface area (Å²) in [4.78, 5) is 21.1. The van der Waals surface area contributed by atoms with Crippen molar-refractivity contribution in [2.24, 2.45) is 0 Å². The summed E-state index contributed by atoms with van der Waals surface area (Å²) in [5.41, 5.74) is 2.44. The van der Waals surface area contributed by atoms with Gasteiger partial charge < -0.3 is 19.4 Å². The molecule has 2 aromatic heterocycles. The SMILES string of the molecule is COc1ccc(C(=O)NCCn2c(C)cnc2-c2ccccc2)c(OC)n1. The first kappa shape index (κ1) is 18.4. The van der Waals surface area contributed by atoms with E-state index in [2.05, 4.69) is 19.9 Å². The molecule has 0 saturated heterocycles. The molecular weight excluding hydrogens is 344 g/mol. The number of hydrogen-bond acceptors (Lipinski definition) is 5. The van der Waals surface area contributed by atoms with Crippen molar-refractivity contribution in [3.05, 3.63) is 59.9 Å². The number of nitrogens with one attached hydrogen (secondary N) is 1. The van der Waals surface area contributed by atoms with Gasteiger partial charge in [0.25, 0.3) is 5.91 Å². The molecule has 0 spiro atoms. The van der Waals surface area contributed by atoms with Gasteiger partial charge in [-0.1, -0.05) is 30.3 Å². The maximum atomic E-state index is 12.5. The Labute approximate surface area is 158 Å². The van der Waals surface area contributed by atoms with Crippen LogP contribution < -0.4 is 14.8 Å². The van der Waals surface area contributed by atoms with E-state index in [4.69, 9.17) is 9.47 Å². The van der Waals surface area contributed by atoms with Crippen LogP contribution in [0.4, 0.5) is 0 Å². The summed E-state index contributed by atoms with van der Waals surface area (Å²) in [6.45, 7) is 3.05. The van der Waals surface area contributed by atoms with Gasteiger partial charge >= 0.3 is 0 Å². The van der Waals surface area contributed by atoms with Crippen molar-refractivity contribution < 1.29 is 14.3 Å². The molecule has 1 amide bonds. The van der Waals surface area contributed by atoms with Gasteiger partial charge in [0, 0.05) is 36.6 Å². The van der Waals surface area contributed by atoms with Gasteiger partial charge in [-0.3, -0.25) is 4.79 Å².